The molecule has 0 amide bonds. The molecule has 0 aromatic heterocycles. The van der Waals surface area contributed by atoms with Crippen molar-refractivity contribution in [1.29, 1.82) is 0 Å². The molecule has 0 spiro atoms. The minimum Gasteiger partial charge on any atom is -0.468 e. The summed E-state index contributed by atoms with van der Waals surface area (Å²) >= 11 is 0. The Morgan fingerprint density at radius 1 is 1.31 bits per heavy atom. The van der Waals surface area contributed by atoms with Crippen molar-refractivity contribution < 1.29 is 14.6 Å². The molecule has 0 unspecified atom stereocenters. The van der Waals surface area contributed by atoms with Crippen molar-refractivity contribution >= 4 is 5.97 Å². The van der Waals surface area contributed by atoms with Gasteiger partial charge >= 0.3 is 5.97 Å². The number of rotatable bonds is 4. The molecule has 0 heterocycles. The summed E-state index contributed by atoms with van der Waals surface area (Å²) < 4.78 is 4.79. The summed E-state index contributed by atoms with van der Waals surface area (Å²) in [7, 11) is 1.42. The van der Waals surface area contributed by atoms with E-state index in [2.05, 4.69) is 5.32 Å². The maximum atomic E-state index is 11.6. The fourth-order valence-corrected chi connectivity index (χ4v) is 2.16. The van der Waals surface area contributed by atoms with Crippen LogP contribution in [0.1, 0.15) is 39.5 Å². The summed E-state index contributed by atoms with van der Waals surface area (Å²) in [6.45, 7) is 4.01. The topological polar surface area (TPSA) is 58.6 Å². The molecular formula is C12H23NO3. The largest absolute Gasteiger partial charge is 0.468 e. The average Bonchev–Trinajstić information content (AvgIpc) is 2.27. The average molecular weight is 229 g/mol. The number of aliphatic hydroxyl groups excluding tert-OH is 1. The predicted octanol–water partition coefficient (Wildman–Crippen LogP) is 1.08. The molecule has 4 nitrogen and oxygen atoms in total. The molecule has 0 aromatic carbocycles. The van der Waals surface area contributed by atoms with Gasteiger partial charge in [0.15, 0.2) is 0 Å². The maximum absolute atomic E-state index is 11.6. The van der Waals surface area contributed by atoms with Crippen LogP contribution in [-0.4, -0.2) is 36.4 Å². The normalized spacial score (nSPS) is 27.8. The Hall–Kier alpha value is -0.610. The van der Waals surface area contributed by atoms with Gasteiger partial charge in [0.2, 0.25) is 0 Å². The first kappa shape index (κ1) is 13.5. The Labute approximate surface area is 97.4 Å². The van der Waals surface area contributed by atoms with Crippen LogP contribution in [0.25, 0.3) is 0 Å². The molecule has 4 heteroatoms. The molecule has 1 aliphatic carbocycles. The van der Waals surface area contributed by atoms with Gasteiger partial charge < -0.3 is 15.2 Å². The van der Waals surface area contributed by atoms with Crippen molar-refractivity contribution in [3.63, 3.8) is 0 Å². The molecule has 1 atom stereocenters. The number of hydrogen-bond donors (Lipinski definition) is 2. The van der Waals surface area contributed by atoms with Gasteiger partial charge in [-0.15, -0.1) is 0 Å². The van der Waals surface area contributed by atoms with E-state index in [0.717, 1.165) is 25.7 Å². The zero-order valence-corrected chi connectivity index (χ0v) is 10.4. The molecule has 2 N–H and O–H groups in total. The van der Waals surface area contributed by atoms with E-state index in [4.69, 9.17) is 4.74 Å². The fraction of sp³-hybridized carbons (Fsp3) is 0.917. The molecule has 0 aromatic rings. The highest BCUT2D eigenvalue weighted by Crippen LogP contribution is 2.19. The highest BCUT2D eigenvalue weighted by atomic mass is 16.5. The Bertz CT molecular complexity index is 222. The number of aliphatic hydroxyl groups is 1. The molecule has 0 saturated heterocycles. The maximum Gasteiger partial charge on any atom is 0.323 e. The molecule has 16 heavy (non-hydrogen) atoms. The minimum absolute atomic E-state index is 0.159. The van der Waals surface area contributed by atoms with Crippen LogP contribution in [0.15, 0.2) is 0 Å². The van der Waals surface area contributed by atoms with E-state index < -0.39 is 0 Å². The lowest BCUT2D eigenvalue weighted by Gasteiger charge is -2.30. The molecule has 0 aliphatic heterocycles. The number of carbonyl (C=O) groups is 1. The number of methoxy groups -OCH3 is 1. The second-order valence-corrected chi connectivity index (χ2v) is 4.92. The number of hydrogen-bond acceptors (Lipinski definition) is 4. The van der Waals surface area contributed by atoms with E-state index in [0.29, 0.717) is 6.04 Å². The van der Waals surface area contributed by atoms with Gasteiger partial charge in [0.25, 0.3) is 0 Å². The first-order valence-corrected chi connectivity index (χ1v) is 6.06. The summed E-state index contributed by atoms with van der Waals surface area (Å²) in [5, 5.41) is 12.7. The Morgan fingerprint density at radius 3 is 2.31 bits per heavy atom. The van der Waals surface area contributed by atoms with Gasteiger partial charge in [-0.25, -0.2) is 0 Å². The van der Waals surface area contributed by atoms with Crippen molar-refractivity contribution in [2.75, 3.05) is 7.11 Å². The standard InChI is InChI=1S/C12H23NO3/c1-8(2)11(12(15)16-3)13-9-4-6-10(14)7-5-9/h8-11,13-14H,4-7H2,1-3H3/t9?,10?,11-/m0/s1. The predicted molar refractivity (Wildman–Crippen MR) is 62.0 cm³/mol. The van der Waals surface area contributed by atoms with Crippen LogP contribution in [-0.2, 0) is 9.53 Å². The summed E-state index contributed by atoms with van der Waals surface area (Å²) in [6.07, 6.45) is 3.35. The summed E-state index contributed by atoms with van der Waals surface area (Å²) in [4.78, 5) is 11.6. The first-order valence-electron chi connectivity index (χ1n) is 6.06. The Balaban J connectivity index is 2.45. The zero-order valence-electron chi connectivity index (χ0n) is 10.4. The van der Waals surface area contributed by atoms with Crippen molar-refractivity contribution in [2.45, 2.75) is 57.7 Å². The van der Waals surface area contributed by atoms with Crippen LogP contribution in [0.5, 0.6) is 0 Å². The van der Waals surface area contributed by atoms with Gasteiger partial charge in [-0.3, -0.25) is 4.79 Å². The lowest BCUT2D eigenvalue weighted by atomic mass is 9.91. The van der Waals surface area contributed by atoms with Crippen LogP contribution in [0.4, 0.5) is 0 Å². The summed E-state index contributed by atoms with van der Waals surface area (Å²) in [5.74, 6) is 0.0282. The molecule has 1 saturated carbocycles. The third-order valence-corrected chi connectivity index (χ3v) is 3.23. The van der Waals surface area contributed by atoms with Gasteiger partial charge in [-0.05, 0) is 31.6 Å². The van der Waals surface area contributed by atoms with Gasteiger partial charge in [-0.1, -0.05) is 13.8 Å². The highest BCUT2D eigenvalue weighted by molar-refractivity contribution is 5.75. The SMILES string of the molecule is COC(=O)[C@@H](NC1CCC(O)CC1)C(C)C. The second-order valence-electron chi connectivity index (χ2n) is 4.92. The third-order valence-electron chi connectivity index (χ3n) is 3.23. The molecule has 1 rings (SSSR count). The second kappa shape index (κ2) is 6.21. The minimum atomic E-state index is -0.231. The molecule has 94 valence electrons. The molecular weight excluding hydrogens is 206 g/mol. The summed E-state index contributed by atoms with van der Waals surface area (Å²) in [5.41, 5.74) is 0. The molecule has 0 bridgehead atoms. The van der Waals surface area contributed by atoms with Crippen LogP contribution < -0.4 is 5.32 Å². The van der Waals surface area contributed by atoms with Gasteiger partial charge in [-0.2, -0.15) is 0 Å². The van der Waals surface area contributed by atoms with Crippen molar-refractivity contribution in [3.8, 4) is 0 Å². The van der Waals surface area contributed by atoms with Crippen molar-refractivity contribution in [1.82, 2.24) is 5.32 Å². The molecule has 0 radical (unpaired) electrons. The lowest BCUT2D eigenvalue weighted by Crippen LogP contribution is -2.48. The quantitative estimate of drug-likeness (QED) is 0.708. The van der Waals surface area contributed by atoms with E-state index in [1.54, 1.807) is 0 Å². The number of carbonyl (C=O) groups excluding carboxylic acids is 1. The zero-order chi connectivity index (χ0) is 12.1. The van der Waals surface area contributed by atoms with Crippen LogP contribution >= 0.6 is 0 Å². The molecule has 1 fully saturated rings. The number of nitrogens with one attached hydrogen (secondary N) is 1. The van der Waals surface area contributed by atoms with Crippen LogP contribution in [0.2, 0.25) is 0 Å². The van der Waals surface area contributed by atoms with E-state index in [9.17, 15) is 9.90 Å². The van der Waals surface area contributed by atoms with Crippen molar-refractivity contribution in [2.24, 2.45) is 5.92 Å². The smallest absolute Gasteiger partial charge is 0.323 e. The van der Waals surface area contributed by atoms with E-state index >= 15 is 0 Å². The monoisotopic (exact) mass is 229 g/mol. The van der Waals surface area contributed by atoms with E-state index in [-0.39, 0.29) is 24.0 Å². The van der Waals surface area contributed by atoms with E-state index in [1.165, 1.54) is 7.11 Å². The molecule has 1 aliphatic rings. The lowest BCUT2D eigenvalue weighted by molar-refractivity contribution is -0.144. The summed E-state index contributed by atoms with van der Waals surface area (Å²) in [6, 6.07) is 0.0974. The Kier molecular flexibility index (Phi) is 5.22. The number of ether oxygens (including phenoxy) is 1. The van der Waals surface area contributed by atoms with Crippen LogP contribution in [0.3, 0.4) is 0 Å². The third kappa shape index (κ3) is 3.76. The highest BCUT2D eigenvalue weighted by Gasteiger charge is 2.28. The fourth-order valence-electron chi connectivity index (χ4n) is 2.16. The number of esters is 1. The van der Waals surface area contributed by atoms with Gasteiger partial charge in [0.05, 0.1) is 13.2 Å². The van der Waals surface area contributed by atoms with Crippen LogP contribution in [0, 0.1) is 5.92 Å². The van der Waals surface area contributed by atoms with E-state index in [1.807, 2.05) is 13.8 Å². The Morgan fingerprint density at radius 2 is 1.88 bits per heavy atom. The van der Waals surface area contributed by atoms with Crippen molar-refractivity contribution in [3.05, 3.63) is 0 Å². The van der Waals surface area contributed by atoms with Gasteiger partial charge in [0, 0.05) is 6.04 Å². The first-order chi connectivity index (χ1) is 7.54. The van der Waals surface area contributed by atoms with Gasteiger partial charge in [0.1, 0.15) is 6.04 Å².